The molecule has 0 fully saturated rings. The summed E-state index contributed by atoms with van der Waals surface area (Å²) in [6.45, 7) is 4.77. The van der Waals surface area contributed by atoms with Crippen LogP contribution in [0.5, 0.6) is 0 Å². The molecule has 0 radical (unpaired) electrons. The highest BCUT2D eigenvalue weighted by atomic mass is 35.5. The van der Waals surface area contributed by atoms with Crippen molar-refractivity contribution in [2.75, 3.05) is 6.61 Å². The minimum atomic E-state index is -4.33. The zero-order valence-corrected chi connectivity index (χ0v) is 14.4. The summed E-state index contributed by atoms with van der Waals surface area (Å²) in [6, 6.07) is 12.8. The molecule has 0 spiro atoms. The lowest BCUT2D eigenvalue weighted by Gasteiger charge is -2.21. The second kappa shape index (κ2) is 8.04. The molecule has 0 saturated carbocycles. The first kappa shape index (κ1) is 18.8. The van der Waals surface area contributed by atoms with Gasteiger partial charge in [-0.05, 0) is 41.3 Å². The SMILES string of the molecule is CC(C)C(COCc1cccc(C(F)(F)F)c1)c1ccc(Cl)cc1. The third kappa shape index (κ3) is 5.25. The summed E-state index contributed by atoms with van der Waals surface area (Å²) < 4.78 is 43.9. The van der Waals surface area contributed by atoms with Gasteiger partial charge in [-0.3, -0.25) is 0 Å². The Morgan fingerprint density at radius 2 is 1.71 bits per heavy atom. The molecule has 0 aliphatic carbocycles. The number of halogens is 4. The van der Waals surface area contributed by atoms with E-state index in [2.05, 4.69) is 13.8 Å². The highest BCUT2D eigenvalue weighted by Crippen LogP contribution is 2.30. The molecule has 1 atom stereocenters. The van der Waals surface area contributed by atoms with Crippen LogP contribution in [0.25, 0.3) is 0 Å². The van der Waals surface area contributed by atoms with E-state index in [0.29, 0.717) is 23.1 Å². The van der Waals surface area contributed by atoms with Crippen LogP contribution in [0.4, 0.5) is 13.2 Å². The molecule has 0 amide bonds. The lowest BCUT2D eigenvalue weighted by Crippen LogP contribution is -2.14. The Bertz CT molecular complexity index is 650. The van der Waals surface area contributed by atoms with Crippen LogP contribution in [0.1, 0.15) is 36.5 Å². The molecular formula is C19H20ClF3O. The maximum absolute atomic E-state index is 12.7. The minimum Gasteiger partial charge on any atom is -0.376 e. The van der Waals surface area contributed by atoms with Crippen molar-refractivity contribution in [3.8, 4) is 0 Å². The number of hydrogen-bond acceptors (Lipinski definition) is 1. The molecule has 1 unspecified atom stereocenters. The molecule has 2 aromatic carbocycles. The van der Waals surface area contributed by atoms with Crippen molar-refractivity contribution in [2.45, 2.75) is 32.5 Å². The highest BCUT2D eigenvalue weighted by molar-refractivity contribution is 6.30. The standard InChI is InChI=1S/C19H20ClF3O/c1-13(2)18(15-6-8-17(20)9-7-15)12-24-11-14-4-3-5-16(10-14)19(21,22)23/h3-10,13,18H,11-12H2,1-2H3. The summed E-state index contributed by atoms with van der Waals surface area (Å²) in [4.78, 5) is 0. The molecule has 0 N–H and O–H groups in total. The van der Waals surface area contributed by atoms with Crippen LogP contribution in [0, 0.1) is 5.92 Å². The van der Waals surface area contributed by atoms with Crippen molar-refractivity contribution < 1.29 is 17.9 Å². The van der Waals surface area contributed by atoms with E-state index in [0.717, 1.165) is 17.7 Å². The van der Waals surface area contributed by atoms with Gasteiger partial charge in [-0.2, -0.15) is 13.2 Å². The molecule has 130 valence electrons. The van der Waals surface area contributed by atoms with E-state index in [1.807, 2.05) is 24.3 Å². The fourth-order valence-corrected chi connectivity index (χ4v) is 2.65. The minimum absolute atomic E-state index is 0.154. The lowest BCUT2D eigenvalue weighted by atomic mass is 9.89. The van der Waals surface area contributed by atoms with Crippen LogP contribution in [-0.2, 0) is 17.5 Å². The van der Waals surface area contributed by atoms with Crippen molar-refractivity contribution in [1.82, 2.24) is 0 Å². The molecule has 5 heteroatoms. The molecule has 0 bridgehead atoms. The van der Waals surface area contributed by atoms with Crippen molar-refractivity contribution in [3.05, 3.63) is 70.2 Å². The molecule has 0 aromatic heterocycles. The summed E-state index contributed by atoms with van der Waals surface area (Å²) >= 11 is 5.91. The van der Waals surface area contributed by atoms with Crippen molar-refractivity contribution in [1.29, 1.82) is 0 Å². The number of ether oxygens (including phenoxy) is 1. The zero-order chi connectivity index (χ0) is 17.7. The first-order valence-corrected chi connectivity index (χ1v) is 8.14. The number of alkyl halides is 3. The predicted octanol–water partition coefficient (Wildman–Crippen LogP) is 6.32. The molecule has 2 rings (SSSR count). The Labute approximate surface area is 145 Å². The summed E-state index contributed by atoms with van der Waals surface area (Å²) in [6.07, 6.45) is -4.33. The van der Waals surface area contributed by atoms with Gasteiger partial charge in [-0.1, -0.05) is 49.7 Å². The maximum Gasteiger partial charge on any atom is 0.416 e. The Balaban J connectivity index is 2.00. The van der Waals surface area contributed by atoms with Gasteiger partial charge in [-0.25, -0.2) is 0 Å². The quantitative estimate of drug-likeness (QED) is 0.588. The van der Waals surface area contributed by atoms with E-state index < -0.39 is 11.7 Å². The maximum atomic E-state index is 12.7. The van der Waals surface area contributed by atoms with Gasteiger partial charge in [0.05, 0.1) is 18.8 Å². The Morgan fingerprint density at radius 1 is 1.04 bits per heavy atom. The fraction of sp³-hybridized carbons (Fsp3) is 0.368. The Kier molecular flexibility index (Phi) is 6.30. The molecule has 1 nitrogen and oxygen atoms in total. The van der Waals surface area contributed by atoms with Crippen molar-refractivity contribution in [2.24, 2.45) is 5.92 Å². The van der Waals surface area contributed by atoms with E-state index in [4.69, 9.17) is 16.3 Å². The average Bonchev–Trinajstić information content (AvgIpc) is 2.52. The summed E-state index contributed by atoms with van der Waals surface area (Å²) in [5.74, 6) is 0.501. The van der Waals surface area contributed by atoms with Crippen LogP contribution < -0.4 is 0 Å². The first-order chi connectivity index (χ1) is 11.3. The molecule has 0 aliphatic rings. The van der Waals surface area contributed by atoms with E-state index >= 15 is 0 Å². The monoisotopic (exact) mass is 356 g/mol. The highest BCUT2D eigenvalue weighted by Gasteiger charge is 2.30. The third-order valence-corrected chi connectivity index (χ3v) is 4.18. The number of rotatable bonds is 6. The van der Waals surface area contributed by atoms with E-state index in [1.165, 1.54) is 6.07 Å². The summed E-state index contributed by atoms with van der Waals surface area (Å²) in [5.41, 5.74) is 0.976. The van der Waals surface area contributed by atoms with Gasteiger partial charge in [0.1, 0.15) is 0 Å². The molecule has 24 heavy (non-hydrogen) atoms. The fourth-order valence-electron chi connectivity index (χ4n) is 2.52. The second-order valence-electron chi connectivity index (χ2n) is 6.12. The van der Waals surface area contributed by atoms with Crippen molar-refractivity contribution >= 4 is 11.6 Å². The first-order valence-electron chi connectivity index (χ1n) is 7.76. The molecule has 0 heterocycles. The van der Waals surface area contributed by atoms with Gasteiger partial charge >= 0.3 is 6.18 Å². The van der Waals surface area contributed by atoms with Gasteiger partial charge in [0.15, 0.2) is 0 Å². The molecule has 0 aliphatic heterocycles. The van der Waals surface area contributed by atoms with E-state index in [9.17, 15) is 13.2 Å². The third-order valence-electron chi connectivity index (χ3n) is 3.92. The van der Waals surface area contributed by atoms with Gasteiger partial charge in [0.2, 0.25) is 0 Å². The normalized spacial score (nSPS) is 13.3. The summed E-state index contributed by atoms with van der Waals surface area (Å²) in [5, 5.41) is 0.672. The van der Waals surface area contributed by atoms with E-state index in [-0.39, 0.29) is 12.5 Å². The van der Waals surface area contributed by atoms with Crippen molar-refractivity contribution in [3.63, 3.8) is 0 Å². The van der Waals surface area contributed by atoms with Crippen LogP contribution in [0.3, 0.4) is 0 Å². The lowest BCUT2D eigenvalue weighted by molar-refractivity contribution is -0.137. The second-order valence-corrected chi connectivity index (χ2v) is 6.55. The Hall–Kier alpha value is -1.52. The predicted molar refractivity (Wildman–Crippen MR) is 90.1 cm³/mol. The smallest absolute Gasteiger partial charge is 0.376 e. The molecule has 2 aromatic rings. The van der Waals surface area contributed by atoms with Gasteiger partial charge in [0, 0.05) is 10.9 Å². The van der Waals surface area contributed by atoms with Gasteiger partial charge in [-0.15, -0.1) is 0 Å². The number of benzene rings is 2. The van der Waals surface area contributed by atoms with Gasteiger partial charge in [0.25, 0.3) is 0 Å². The summed E-state index contributed by atoms with van der Waals surface area (Å²) in [7, 11) is 0. The van der Waals surface area contributed by atoms with Crippen LogP contribution in [-0.4, -0.2) is 6.61 Å². The van der Waals surface area contributed by atoms with Crippen LogP contribution >= 0.6 is 11.6 Å². The molecular weight excluding hydrogens is 337 g/mol. The topological polar surface area (TPSA) is 9.23 Å². The number of hydrogen-bond donors (Lipinski definition) is 0. The van der Waals surface area contributed by atoms with Crippen LogP contribution in [0.2, 0.25) is 5.02 Å². The largest absolute Gasteiger partial charge is 0.416 e. The zero-order valence-electron chi connectivity index (χ0n) is 13.6. The average molecular weight is 357 g/mol. The Morgan fingerprint density at radius 3 is 2.29 bits per heavy atom. The van der Waals surface area contributed by atoms with E-state index in [1.54, 1.807) is 6.07 Å². The van der Waals surface area contributed by atoms with Gasteiger partial charge < -0.3 is 4.74 Å². The molecule has 0 saturated heterocycles. The van der Waals surface area contributed by atoms with Crippen LogP contribution in [0.15, 0.2) is 48.5 Å².